The third-order valence-electron chi connectivity index (χ3n) is 5.01. The fraction of sp³-hybridized carbons (Fsp3) is 0.750. The minimum absolute atomic E-state index is 0.111. The molecule has 24 heavy (non-hydrogen) atoms. The van der Waals surface area contributed by atoms with Gasteiger partial charge in [-0.15, -0.1) is 0 Å². The summed E-state index contributed by atoms with van der Waals surface area (Å²) in [5.74, 6) is 1.07. The number of piperidine rings is 2. The van der Waals surface area contributed by atoms with Crippen LogP contribution in [0.15, 0.2) is 11.1 Å². The van der Waals surface area contributed by atoms with Crippen molar-refractivity contribution in [2.24, 2.45) is 5.92 Å². The smallest absolute Gasteiger partial charge is 0.225 e. The second kappa shape index (κ2) is 7.33. The molecule has 0 unspecified atom stereocenters. The van der Waals surface area contributed by atoms with Crippen LogP contribution in [0.5, 0.6) is 0 Å². The largest absolute Gasteiger partial charge is 0.396 e. The van der Waals surface area contributed by atoms with Gasteiger partial charge in [-0.3, -0.25) is 0 Å². The molecule has 2 N–H and O–H groups in total. The molecule has 2 saturated heterocycles. The predicted molar refractivity (Wildman–Crippen MR) is 92.0 cm³/mol. The highest BCUT2D eigenvalue weighted by Gasteiger charge is 2.27. The van der Waals surface area contributed by atoms with Crippen molar-refractivity contribution in [3.8, 4) is 0 Å². The van der Waals surface area contributed by atoms with E-state index in [1.165, 1.54) is 12.5 Å². The number of aromatic nitrogens is 2. The first kappa shape index (κ1) is 17.6. The monoisotopic (exact) mass is 354 g/mol. The van der Waals surface area contributed by atoms with Gasteiger partial charge in [0.05, 0.1) is 11.9 Å². The van der Waals surface area contributed by atoms with E-state index in [0.29, 0.717) is 17.6 Å². The summed E-state index contributed by atoms with van der Waals surface area (Å²) < 4.78 is 24.2. The zero-order chi connectivity index (χ0) is 17.2. The summed E-state index contributed by atoms with van der Waals surface area (Å²) in [4.78, 5) is 11.3. The lowest BCUT2D eigenvalue weighted by Crippen LogP contribution is -2.36. The quantitative estimate of drug-likeness (QED) is 0.815. The van der Waals surface area contributed by atoms with E-state index in [4.69, 9.17) is 0 Å². The highest BCUT2D eigenvalue weighted by molar-refractivity contribution is 7.90. The van der Waals surface area contributed by atoms with E-state index in [1.807, 2.05) is 0 Å². The van der Waals surface area contributed by atoms with Gasteiger partial charge in [-0.25, -0.2) is 18.4 Å². The van der Waals surface area contributed by atoms with E-state index < -0.39 is 9.84 Å². The molecule has 7 nitrogen and oxygen atoms in total. The molecule has 134 valence electrons. The SMILES string of the molecule is CS(=O)(=O)c1cnc(N2CCC(CO)CC2)nc1[C@H]1CCCNC1. The molecule has 0 radical (unpaired) electrons. The van der Waals surface area contributed by atoms with E-state index in [0.717, 1.165) is 51.9 Å². The number of sulfone groups is 1. The molecule has 3 rings (SSSR count). The van der Waals surface area contributed by atoms with Gasteiger partial charge in [-0.05, 0) is 38.1 Å². The molecule has 0 amide bonds. The molecule has 0 spiro atoms. The molecule has 0 aromatic carbocycles. The van der Waals surface area contributed by atoms with Crippen LogP contribution >= 0.6 is 0 Å². The summed E-state index contributed by atoms with van der Waals surface area (Å²) in [5, 5.41) is 12.6. The number of hydrogen-bond acceptors (Lipinski definition) is 7. The van der Waals surface area contributed by atoms with Gasteiger partial charge in [-0.1, -0.05) is 0 Å². The maximum absolute atomic E-state index is 12.1. The van der Waals surface area contributed by atoms with Crippen LogP contribution in [0, 0.1) is 5.92 Å². The second-order valence-electron chi connectivity index (χ2n) is 6.85. The summed E-state index contributed by atoms with van der Waals surface area (Å²) in [6, 6.07) is 0. The van der Waals surface area contributed by atoms with Crippen molar-refractivity contribution >= 4 is 15.8 Å². The first-order chi connectivity index (χ1) is 11.5. The number of rotatable bonds is 4. The minimum atomic E-state index is -3.35. The van der Waals surface area contributed by atoms with Crippen molar-refractivity contribution in [3.63, 3.8) is 0 Å². The number of anilines is 1. The molecule has 2 aliphatic rings. The van der Waals surface area contributed by atoms with Gasteiger partial charge >= 0.3 is 0 Å². The Morgan fingerprint density at radius 2 is 2.08 bits per heavy atom. The van der Waals surface area contributed by atoms with E-state index in [9.17, 15) is 13.5 Å². The molecule has 3 heterocycles. The summed E-state index contributed by atoms with van der Waals surface area (Å²) in [6.07, 6.45) is 6.48. The average Bonchev–Trinajstić information content (AvgIpc) is 2.61. The third-order valence-corrected chi connectivity index (χ3v) is 6.12. The first-order valence-electron chi connectivity index (χ1n) is 8.62. The number of aliphatic hydroxyl groups excluding tert-OH is 1. The number of nitrogens with zero attached hydrogens (tertiary/aromatic N) is 3. The van der Waals surface area contributed by atoms with Crippen molar-refractivity contribution < 1.29 is 13.5 Å². The topological polar surface area (TPSA) is 95.4 Å². The van der Waals surface area contributed by atoms with E-state index in [1.54, 1.807) is 0 Å². The Morgan fingerprint density at radius 3 is 2.67 bits per heavy atom. The standard InChI is InChI=1S/C16H26N4O3S/c1-24(22,23)14-10-18-16(20-7-4-12(11-21)5-8-20)19-15(14)13-3-2-6-17-9-13/h10,12-13,17,21H,2-9,11H2,1H3/t13-/m0/s1. The van der Waals surface area contributed by atoms with Gasteiger partial charge in [0.15, 0.2) is 9.84 Å². The van der Waals surface area contributed by atoms with E-state index in [2.05, 4.69) is 20.2 Å². The van der Waals surface area contributed by atoms with Gasteiger partial charge < -0.3 is 15.3 Å². The number of aliphatic hydroxyl groups is 1. The molecule has 0 saturated carbocycles. The molecule has 2 aliphatic heterocycles. The van der Waals surface area contributed by atoms with Crippen molar-refractivity contribution in [1.82, 2.24) is 15.3 Å². The van der Waals surface area contributed by atoms with Gasteiger partial charge in [0.1, 0.15) is 4.90 Å². The lowest BCUT2D eigenvalue weighted by Gasteiger charge is -2.32. The fourth-order valence-electron chi connectivity index (χ4n) is 3.51. The Bertz CT molecular complexity index is 666. The Kier molecular flexibility index (Phi) is 5.36. The van der Waals surface area contributed by atoms with Crippen LogP contribution in [0.1, 0.15) is 37.3 Å². The average molecular weight is 354 g/mol. The second-order valence-corrected chi connectivity index (χ2v) is 8.83. The third kappa shape index (κ3) is 3.87. The summed E-state index contributed by atoms with van der Waals surface area (Å²) in [5.41, 5.74) is 0.652. The van der Waals surface area contributed by atoms with Crippen molar-refractivity contribution in [3.05, 3.63) is 11.9 Å². The summed E-state index contributed by atoms with van der Waals surface area (Å²) in [7, 11) is -3.35. The summed E-state index contributed by atoms with van der Waals surface area (Å²) in [6.45, 7) is 3.54. The van der Waals surface area contributed by atoms with Crippen molar-refractivity contribution in [2.75, 3.05) is 43.9 Å². The molecule has 1 aromatic heterocycles. The Morgan fingerprint density at radius 1 is 1.33 bits per heavy atom. The van der Waals surface area contributed by atoms with Gasteiger partial charge in [0.25, 0.3) is 0 Å². The van der Waals surface area contributed by atoms with E-state index >= 15 is 0 Å². The van der Waals surface area contributed by atoms with Crippen LogP contribution in [0.25, 0.3) is 0 Å². The maximum atomic E-state index is 12.1. The Balaban J connectivity index is 1.89. The van der Waals surface area contributed by atoms with E-state index in [-0.39, 0.29) is 17.4 Å². The van der Waals surface area contributed by atoms with Gasteiger partial charge in [0.2, 0.25) is 5.95 Å². The zero-order valence-electron chi connectivity index (χ0n) is 14.1. The van der Waals surface area contributed by atoms with Gasteiger partial charge in [-0.2, -0.15) is 0 Å². The normalized spacial score (nSPS) is 23.4. The summed E-state index contributed by atoms with van der Waals surface area (Å²) >= 11 is 0. The van der Waals surface area contributed by atoms with Crippen LogP contribution < -0.4 is 10.2 Å². The first-order valence-corrected chi connectivity index (χ1v) is 10.5. The Hall–Kier alpha value is -1.25. The molecule has 0 aliphatic carbocycles. The maximum Gasteiger partial charge on any atom is 0.225 e. The predicted octanol–water partition coefficient (Wildman–Crippen LogP) is 0.556. The van der Waals surface area contributed by atoms with Crippen LogP contribution in [0.3, 0.4) is 0 Å². The van der Waals surface area contributed by atoms with Crippen LogP contribution in [0.2, 0.25) is 0 Å². The highest BCUT2D eigenvalue weighted by Crippen LogP contribution is 2.29. The van der Waals surface area contributed by atoms with Crippen LogP contribution in [-0.2, 0) is 9.84 Å². The molecule has 8 heteroatoms. The minimum Gasteiger partial charge on any atom is -0.396 e. The van der Waals surface area contributed by atoms with Crippen LogP contribution in [0.4, 0.5) is 5.95 Å². The molecule has 1 atom stereocenters. The molecule has 0 bridgehead atoms. The lowest BCUT2D eigenvalue weighted by molar-refractivity contribution is 0.202. The molecule has 1 aromatic rings. The van der Waals surface area contributed by atoms with Crippen LogP contribution in [-0.4, -0.2) is 62.5 Å². The Labute approximate surface area is 143 Å². The molecular weight excluding hydrogens is 328 g/mol. The van der Waals surface area contributed by atoms with Crippen molar-refractivity contribution in [1.29, 1.82) is 0 Å². The lowest BCUT2D eigenvalue weighted by atomic mass is 9.96. The zero-order valence-corrected chi connectivity index (χ0v) is 14.9. The fourth-order valence-corrected chi connectivity index (χ4v) is 4.34. The van der Waals surface area contributed by atoms with Gasteiger partial charge in [0, 0.05) is 38.4 Å². The number of hydrogen-bond donors (Lipinski definition) is 2. The highest BCUT2D eigenvalue weighted by atomic mass is 32.2. The molecule has 2 fully saturated rings. The van der Waals surface area contributed by atoms with Crippen molar-refractivity contribution in [2.45, 2.75) is 36.5 Å². The number of nitrogens with one attached hydrogen (secondary N) is 1. The molecular formula is C16H26N4O3S.